The molecule has 2 N–H and O–H groups in total. The maximum Gasteiger partial charge on any atom is 0.218 e. The van der Waals surface area contributed by atoms with E-state index >= 15 is 0 Å². The first-order valence-corrected chi connectivity index (χ1v) is 8.10. The Morgan fingerprint density at radius 3 is 2.83 bits per heavy atom. The third-order valence-corrected chi connectivity index (χ3v) is 3.39. The van der Waals surface area contributed by atoms with E-state index < -0.39 is 0 Å². The molecule has 128 valence electrons. The van der Waals surface area contributed by atoms with Crippen LogP contribution >= 0.6 is 24.0 Å². The van der Waals surface area contributed by atoms with Crippen molar-refractivity contribution in [3.63, 3.8) is 0 Å². The molecule has 0 saturated carbocycles. The quantitative estimate of drug-likeness (QED) is 0.302. The van der Waals surface area contributed by atoms with Gasteiger partial charge in [0.05, 0.1) is 13.2 Å². The van der Waals surface area contributed by atoms with E-state index in [0.717, 1.165) is 37.3 Å². The standard InChI is InChI=1S/C17H26N4O.HI/c1-3-12-22-16-14(8-7-11-19-16)13-20-17(18-4-2)21-15-9-5-6-10-15;/h5-8,11,15H,3-4,9-10,12-13H2,1-2H3,(H2,18,20,21);1H. The maximum absolute atomic E-state index is 5.68. The summed E-state index contributed by atoms with van der Waals surface area (Å²) in [6.45, 7) is 6.24. The van der Waals surface area contributed by atoms with Crippen molar-refractivity contribution in [1.82, 2.24) is 15.6 Å². The molecule has 0 aromatic carbocycles. The summed E-state index contributed by atoms with van der Waals surface area (Å²) in [4.78, 5) is 8.96. The number of nitrogens with zero attached hydrogens (tertiary/aromatic N) is 2. The number of aliphatic imine (C=N–C) groups is 1. The van der Waals surface area contributed by atoms with Gasteiger partial charge < -0.3 is 15.4 Å². The molecule has 0 unspecified atom stereocenters. The Morgan fingerprint density at radius 1 is 1.35 bits per heavy atom. The number of halogens is 1. The van der Waals surface area contributed by atoms with Crippen LogP contribution in [0.3, 0.4) is 0 Å². The fraction of sp³-hybridized carbons (Fsp3) is 0.529. The van der Waals surface area contributed by atoms with Crippen molar-refractivity contribution in [2.45, 2.75) is 45.7 Å². The second-order valence-electron chi connectivity index (χ2n) is 5.30. The van der Waals surface area contributed by atoms with Crippen molar-refractivity contribution in [3.05, 3.63) is 36.0 Å². The highest BCUT2D eigenvalue weighted by atomic mass is 127. The third-order valence-electron chi connectivity index (χ3n) is 3.39. The number of guanidine groups is 1. The lowest BCUT2D eigenvalue weighted by atomic mass is 10.2. The van der Waals surface area contributed by atoms with Crippen LogP contribution < -0.4 is 15.4 Å². The monoisotopic (exact) mass is 430 g/mol. The Morgan fingerprint density at radius 2 is 2.13 bits per heavy atom. The molecule has 0 spiro atoms. The van der Waals surface area contributed by atoms with Crippen LogP contribution in [0.25, 0.3) is 0 Å². The van der Waals surface area contributed by atoms with Gasteiger partial charge in [-0.1, -0.05) is 25.1 Å². The smallest absolute Gasteiger partial charge is 0.218 e. The number of rotatable bonds is 7. The molecule has 6 heteroatoms. The molecular formula is C17H27IN4O. The van der Waals surface area contributed by atoms with Gasteiger partial charge in [0, 0.05) is 24.3 Å². The molecule has 0 fully saturated rings. The summed E-state index contributed by atoms with van der Waals surface area (Å²) in [6.07, 6.45) is 9.26. The maximum atomic E-state index is 5.68. The number of hydrogen-bond acceptors (Lipinski definition) is 3. The molecule has 0 radical (unpaired) electrons. The molecular weight excluding hydrogens is 403 g/mol. The second kappa shape index (κ2) is 11.3. The van der Waals surface area contributed by atoms with Crippen LogP contribution in [-0.4, -0.2) is 30.1 Å². The first-order valence-electron chi connectivity index (χ1n) is 8.10. The zero-order valence-corrected chi connectivity index (χ0v) is 16.2. The fourth-order valence-corrected chi connectivity index (χ4v) is 2.29. The van der Waals surface area contributed by atoms with E-state index in [-0.39, 0.29) is 24.0 Å². The van der Waals surface area contributed by atoms with Crippen LogP contribution in [0.1, 0.15) is 38.7 Å². The molecule has 1 aliphatic rings. The number of hydrogen-bond donors (Lipinski definition) is 2. The fourth-order valence-electron chi connectivity index (χ4n) is 2.29. The van der Waals surface area contributed by atoms with Gasteiger partial charge in [-0.2, -0.15) is 0 Å². The van der Waals surface area contributed by atoms with Gasteiger partial charge in [0.15, 0.2) is 5.96 Å². The van der Waals surface area contributed by atoms with Crippen molar-refractivity contribution in [2.75, 3.05) is 13.2 Å². The SMILES string of the molecule is CCCOc1ncccc1CN=C(NCC)NC1CC=CC1.I. The molecule has 5 nitrogen and oxygen atoms in total. The predicted octanol–water partition coefficient (Wildman–Crippen LogP) is 3.26. The minimum Gasteiger partial charge on any atom is -0.477 e. The Balaban J connectivity index is 0.00000264. The lowest BCUT2D eigenvalue weighted by molar-refractivity contribution is 0.302. The molecule has 0 bridgehead atoms. The van der Waals surface area contributed by atoms with E-state index in [1.54, 1.807) is 6.20 Å². The average Bonchev–Trinajstić information content (AvgIpc) is 3.04. The summed E-state index contributed by atoms with van der Waals surface area (Å²) in [7, 11) is 0. The number of nitrogens with one attached hydrogen (secondary N) is 2. The van der Waals surface area contributed by atoms with E-state index in [1.165, 1.54) is 0 Å². The molecule has 2 rings (SSSR count). The van der Waals surface area contributed by atoms with E-state index in [2.05, 4.69) is 46.6 Å². The van der Waals surface area contributed by atoms with E-state index in [4.69, 9.17) is 4.74 Å². The summed E-state index contributed by atoms with van der Waals surface area (Å²) < 4.78 is 5.68. The molecule has 23 heavy (non-hydrogen) atoms. The summed E-state index contributed by atoms with van der Waals surface area (Å²) in [5, 5.41) is 6.76. The van der Waals surface area contributed by atoms with Gasteiger partial charge in [-0.15, -0.1) is 24.0 Å². The molecule has 0 saturated heterocycles. The van der Waals surface area contributed by atoms with Crippen LogP contribution in [0.5, 0.6) is 5.88 Å². The summed E-state index contributed by atoms with van der Waals surface area (Å²) in [6, 6.07) is 4.38. The summed E-state index contributed by atoms with van der Waals surface area (Å²) >= 11 is 0. The van der Waals surface area contributed by atoms with Gasteiger partial charge in [-0.25, -0.2) is 9.98 Å². The lowest BCUT2D eigenvalue weighted by Gasteiger charge is -2.17. The van der Waals surface area contributed by atoms with Crippen molar-refractivity contribution in [3.8, 4) is 5.88 Å². The minimum absolute atomic E-state index is 0. The zero-order valence-electron chi connectivity index (χ0n) is 13.9. The van der Waals surface area contributed by atoms with E-state index in [1.807, 2.05) is 12.1 Å². The number of ether oxygens (including phenoxy) is 1. The summed E-state index contributed by atoms with van der Waals surface area (Å²) in [5.74, 6) is 1.54. The lowest BCUT2D eigenvalue weighted by Crippen LogP contribution is -2.42. The van der Waals surface area contributed by atoms with Crippen molar-refractivity contribution in [1.29, 1.82) is 0 Å². The Kier molecular flexibility index (Phi) is 9.66. The van der Waals surface area contributed by atoms with Crippen molar-refractivity contribution in [2.24, 2.45) is 4.99 Å². The molecule has 1 aromatic rings. The third kappa shape index (κ3) is 6.76. The molecule has 0 atom stereocenters. The normalized spacial score (nSPS) is 14.4. The Hall–Kier alpha value is -1.31. The topological polar surface area (TPSA) is 58.5 Å². The van der Waals surface area contributed by atoms with Crippen LogP contribution in [0.15, 0.2) is 35.5 Å². The molecule has 1 heterocycles. The van der Waals surface area contributed by atoms with E-state index in [9.17, 15) is 0 Å². The minimum atomic E-state index is 0. The van der Waals surface area contributed by atoms with Gasteiger partial charge in [0.25, 0.3) is 0 Å². The largest absolute Gasteiger partial charge is 0.477 e. The highest BCUT2D eigenvalue weighted by Gasteiger charge is 2.12. The van der Waals surface area contributed by atoms with E-state index in [0.29, 0.717) is 25.1 Å². The molecule has 0 amide bonds. The van der Waals surface area contributed by atoms with Gasteiger partial charge in [-0.3, -0.25) is 0 Å². The highest BCUT2D eigenvalue weighted by molar-refractivity contribution is 14.0. The zero-order chi connectivity index (χ0) is 15.6. The predicted molar refractivity (Wildman–Crippen MR) is 106 cm³/mol. The average molecular weight is 430 g/mol. The first kappa shape index (κ1) is 19.7. The van der Waals surface area contributed by atoms with Crippen LogP contribution in [0.4, 0.5) is 0 Å². The van der Waals surface area contributed by atoms with Gasteiger partial charge >= 0.3 is 0 Å². The van der Waals surface area contributed by atoms with Gasteiger partial charge in [-0.05, 0) is 32.3 Å². The van der Waals surface area contributed by atoms with Gasteiger partial charge in [0.1, 0.15) is 0 Å². The molecule has 0 aliphatic heterocycles. The van der Waals surface area contributed by atoms with Crippen molar-refractivity contribution < 1.29 is 4.74 Å². The Labute approximate surface area is 156 Å². The second-order valence-corrected chi connectivity index (χ2v) is 5.30. The molecule has 1 aromatic heterocycles. The van der Waals surface area contributed by atoms with Crippen LogP contribution in [0.2, 0.25) is 0 Å². The van der Waals surface area contributed by atoms with Crippen LogP contribution in [0, 0.1) is 0 Å². The van der Waals surface area contributed by atoms with Crippen molar-refractivity contribution >= 4 is 29.9 Å². The van der Waals surface area contributed by atoms with Crippen LogP contribution in [-0.2, 0) is 6.54 Å². The Bertz CT molecular complexity index is 511. The highest BCUT2D eigenvalue weighted by Crippen LogP contribution is 2.15. The molecule has 1 aliphatic carbocycles. The number of pyridine rings is 1. The first-order chi connectivity index (χ1) is 10.8. The summed E-state index contributed by atoms with van der Waals surface area (Å²) in [5.41, 5.74) is 1.01. The van der Waals surface area contributed by atoms with Gasteiger partial charge in [0.2, 0.25) is 5.88 Å². The number of aromatic nitrogens is 1.